The summed E-state index contributed by atoms with van der Waals surface area (Å²) in [5.74, 6) is 3.36. The molecule has 0 radical (unpaired) electrons. The highest BCUT2D eigenvalue weighted by molar-refractivity contribution is 7.99. The van der Waals surface area contributed by atoms with Crippen LogP contribution in [0.15, 0.2) is 36.5 Å². The monoisotopic (exact) mass is 429 g/mol. The van der Waals surface area contributed by atoms with Crippen LogP contribution in [-0.4, -0.2) is 35.0 Å². The standard InChI is InChI=1S/C19H23N3O2S.2ClH/c1-13-5-6-21-19(9-13)24-17-10-15(4-3-14(17)2)22-18(23)11-16-12-25-8-7-20-16;;/h3-6,9-10,16,20H,7-8,11-12H2,1-2H3,(H,22,23);2*1H. The van der Waals surface area contributed by atoms with Crippen molar-refractivity contribution in [3.05, 3.63) is 47.7 Å². The van der Waals surface area contributed by atoms with Crippen molar-refractivity contribution in [2.75, 3.05) is 23.4 Å². The fraction of sp³-hybridized carbons (Fsp3) is 0.368. The highest BCUT2D eigenvalue weighted by Crippen LogP contribution is 2.27. The van der Waals surface area contributed by atoms with Gasteiger partial charge in [0.05, 0.1) is 0 Å². The lowest BCUT2D eigenvalue weighted by Gasteiger charge is -2.22. The van der Waals surface area contributed by atoms with Crippen LogP contribution in [0.4, 0.5) is 5.69 Å². The lowest BCUT2D eigenvalue weighted by Crippen LogP contribution is -2.39. The molecule has 1 atom stereocenters. The molecule has 1 fully saturated rings. The number of hydrogen-bond donors (Lipinski definition) is 2. The number of amides is 1. The third-order valence-corrected chi connectivity index (χ3v) is 5.14. The molecule has 1 unspecified atom stereocenters. The smallest absolute Gasteiger partial charge is 0.225 e. The Bertz CT molecular complexity index is 755. The van der Waals surface area contributed by atoms with Gasteiger partial charge in [0, 0.05) is 54.5 Å². The Morgan fingerprint density at radius 3 is 2.81 bits per heavy atom. The zero-order chi connectivity index (χ0) is 17.6. The number of rotatable bonds is 5. The van der Waals surface area contributed by atoms with Gasteiger partial charge < -0.3 is 15.4 Å². The minimum absolute atomic E-state index is 0. The number of thioether (sulfide) groups is 1. The SMILES string of the molecule is Cc1ccnc(Oc2cc(NC(=O)CC3CSCCN3)ccc2C)c1.Cl.Cl. The second-order valence-corrected chi connectivity index (χ2v) is 7.38. The zero-order valence-corrected chi connectivity index (χ0v) is 17.8. The number of ether oxygens (including phenoxy) is 1. The minimum Gasteiger partial charge on any atom is -0.439 e. The predicted molar refractivity (Wildman–Crippen MR) is 117 cm³/mol. The quantitative estimate of drug-likeness (QED) is 0.738. The third kappa shape index (κ3) is 7.22. The molecular formula is C19H25Cl2N3O2S. The summed E-state index contributed by atoms with van der Waals surface area (Å²) in [6, 6.07) is 9.74. The molecule has 2 heterocycles. The van der Waals surface area contributed by atoms with Gasteiger partial charge in [-0.3, -0.25) is 4.79 Å². The summed E-state index contributed by atoms with van der Waals surface area (Å²) >= 11 is 1.89. The van der Waals surface area contributed by atoms with Crippen molar-refractivity contribution >= 4 is 48.2 Å². The first-order valence-electron chi connectivity index (χ1n) is 8.42. The van der Waals surface area contributed by atoms with Gasteiger partial charge >= 0.3 is 0 Å². The Hall–Kier alpha value is -1.47. The van der Waals surface area contributed by atoms with Crippen LogP contribution >= 0.6 is 36.6 Å². The van der Waals surface area contributed by atoms with Crippen LogP contribution in [0.2, 0.25) is 0 Å². The summed E-state index contributed by atoms with van der Waals surface area (Å²) in [4.78, 5) is 16.5. The number of nitrogens with zero attached hydrogens (tertiary/aromatic N) is 1. The molecule has 1 saturated heterocycles. The van der Waals surface area contributed by atoms with Crippen molar-refractivity contribution < 1.29 is 9.53 Å². The van der Waals surface area contributed by atoms with Gasteiger partial charge in [-0.05, 0) is 37.1 Å². The number of nitrogens with one attached hydrogen (secondary N) is 2. The molecule has 1 amide bonds. The molecule has 27 heavy (non-hydrogen) atoms. The molecule has 5 nitrogen and oxygen atoms in total. The Labute approximate surface area is 176 Å². The molecule has 0 aliphatic carbocycles. The van der Waals surface area contributed by atoms with Crippen LogP contribution in [0.1, 0.15) is 17.5 Å². The molecule has 1 aliphatic rings. The van der Waals surface area contributed by atoms with E-state index in [9.17, 15) is 4.79 Å². The van der Waals surface area contributed by atoms with Crippen LogP contribution in [0.5, 0.6) is 11.6 Å². The van der Waals surface area contributed by atoms with Gasteiger partial charge in [-0.25, -0.2) is 4.98 Å². The van der Waals surface area contributed by atoms with Gasteiger partial charge in [-0.1, -0.05) is 6.07 Å². The van der Waals surface area contributed by atoms with E-state index >= 15 is 0 Å². The molecule has 1 aliphatic heterocycles. The predicted octanol–water partition coefficient (Wildman–Crippen LogP) is 4.37. The average Bonchev–Trinajstić information content (AvgIpc) is 2.59. The van der Waals surface area contributed by atoms with Crippen LogP contribution in [0, 0.1) is 13.8 Å². The summed E-state index contributed by atoms with van der Waals surface area (Å²) < 4.78 is 5.88. The number of aromatic nitrogens is 1. The van der Waals surface area contributed by atoms with Gasteiger partial charge in [-0.15, -0.1) is 24.8 Å². The van der Waals surface area contributed by atoms with Crippen molar-refractivity contribution in [1.29, 1.82) is 0 Å². The van der Waals surface area contributed by atoms with Crippen molar-refractivity contribution in [3.63, 3.8) is 0 Å². The van der Waals surface area contributed by atoms with Crippen molar-refractivity contribution in [2.45, 2.75) is 26.3 Å². The summed E-state index contributed by atoms with van der Waals surface area (Å²) in [5.41, 5.74) is 2.82. The fourth-order valence-corrected chi connectivity index (χ4v) is 3.60. The molecule has 3 rings (SSSR count). The maximum Gasteiger partial charge on any atom is 0.225 e. The number of carbonyl (C=O) groups is 1. The first kappa shape index (κ1) is 23.6. The highest BCUT2D eigenvalue weighted by atomic mass is 35.5. The van der Waals surface area contributed by atoms with Crippen molar-refractivity contribution in [3.8, 4) is 11.6 Å². The number of anilines is 1. The second kappa shape index (κ2) is 11.4. The lowest BCUT2D eigenvalue weighted by atomic mass is 10.2. The van der Waals surface area contributed by atoms with Gasteiger partial charge in [-0.2, -0.15) is 11.8 Å². The first-order chi connectivity index (χ1) is 12.1. The van der Waals surface area contributed by atoms with E-state index in [1.165, 1.54) is 0 Å². The Balaban J connectivity index is 0.00000182. The molecule has 1 aromatic heterocycles. The van der Waals surface area contributed by atoms with Crippen molar-refractivity contribution in [1.82, 2.24) is 10.3 Å². The molecular weight excluding hydrogens is 405 g/mol. The normalized spacial score (nSPS) is 15.9. The van der Waals surface area contributed by atoms with E-state index in [2.05, 4.69) is 15.6 Å². The fourth-order valence-electron chi connectivity index (χ4n) is 2.65. The summed E-state index contributed by atoms with van der Waals surface area (Å²) in [7, 11) is 0. The van der Waals surface area contributed by atoms with E-state index in [1.54, 1.807) is 6.20 Å². The van der Waals surface area contributed by atoms with E-state index in [-0.39, 0.29) is 36.8 Å². The largest absolute Gasteiger partial charge is 0.439 e. The summed E-state index contributed by atoms with van der Waals surface area (Å²) in [6.45, 7) is 4.93. The number of carbonyl (C=O) groups excluding carboxylic acids is 1. The lowest BCUT2D eigenvalue weighted by molar-refractivity contribution is -0.116. The van der Waals surface area contributed by atoms with E-state index in [0.29, 0.717) is 18.1 Å². The molecule has 0 saturated carbocycles. The van der Waals surface area contributed by atoms with Crippen LogP contribution in [0.3, 0.4) is 0 Å². The number of aryl methyl sites for hydroxylation is 2. The van der Waals surface area contributed by atoms with Crippen molar-refractivity contribution in [2.24, 2.45) is 0 Å². The number of halogens is 2. The molecule has 148 valence electrons. The van der Waals surface area contributed by atoms with Gasteiger partial charge in [0.25, 0.3) is 0 Å². The Kier molecular flexibility index (Phi) is 9.94. The molecule has 0 bridgehead atoms. The average molecular weight is 430 g/mol. The van der Waals surface area contributed by atoms with E-state index in [4.69, 9.17) is 4.74 Å². The Morgan fingerprint density at radius 2 is 2.11 bits per heavy atom. The number of hydrogen-bond acceptors (Lipinski definition) is 5. The molecule has 0 spiro atoms. The molecule has 2 N–H and O–H groups in total. The van der Waals surface area contributed by atoms with E-state index < -0.39 is 0 Å². The van der Waals surface area contributed by atoms with E-state index in [0.717, 1.165) is 34.9 Å². The van der Waals surface area contributed by atoms with Crippen LogP contribution < -0.4 is 15.4 Å². The first-order valence-corrected chi connectivity index (χ1v) is 9.58. The molecule has 2 aromatic rings. The zero-order valence-electron chi connectivity index (χ0n) is 15.4. The third-order valence-electron chi connectivity index (χ3n) is 4.01. The summed E-state index contributed by atoms with van der Waals surface area (Å²) in [6.07, 6.45) is 2.21. The maximum atomic E-state index is 12.3. The topological polar surface area (TPSA) is 63.2 Å². The second-order valence-electron chi connectivity index (χ2n) is 6.23. The number of pyridine rings is 1. The highest BCUT2D eigenvalue weighted by Gasteiger charge is 2.17. The van der Waals surface area contributed by atoms with Gasteiger partial charge in [0.2, 0.25) is 11.8 Å². The molecule has 8 heteroatoms. The van der Waals surface area contributed by atoms with Gasteiger partial charge in [0.15, 0.2) is 0 Å². The van der Waals surface area contributed by atoms with Gasteiger partial charge in [0.1, 0.15) is 5.75 Å². The number of benzene rings is 1. The molecule has 1 aromatic carbocycles. The van der Waals surface area contributed by atoms with E-state index in [1.807, 2.05) is 55.9 Å². The Morgan fingerprint density at radius 1 is 1.30 bits per heavy atom. The van der Waals surface area contributed by atoms with Crippen LogP contribution in [-0.2, 0) is 4.79 Å². The minimum atomic E-state index is 0. The van der Waals surface area contributed by atoms with Crippen LogP contribution in [0.25, 0.3) is 0 Å². The maximum absolute atomic E-state index is 12.3. The summed E-state index contributed by atoms with van der Waals surface area (Å²) in [5, 5.41) is 6.34.